The molecule has 3 N–H and O–H groups in total. The Balaban J connectivity index is 1.35. The third kappa shape index (κ3) is 5.46. The molecule has 0 aliphatic carbocycles. The number of nitrogens with one attached hydrogen (secondary N) is 3. The minimum atomic E-state index is -3.32. The minimum Gasteiger partial charge on any atom is -0.308 e. The van der Waals surface area contributed by atoms with Crippen LogP contribution < -0.4 is 16.0 Å². The highest BCUT2D eigenvalue weighted by Crippen LogP contribution is 2.28. The van der Waals surface area contributed by atoms with Crippen molar-refractivity contribution in [2.24, 2.45) is 0 Å². The first-order chi connectivity index (χ1) is 15.3. The summed E-state index contributed by atoms with van der Waals surface area (Å²) >= 11 is 2.40. The number of carbonyl (C=O) groups is 2. The van der Waals surface area contributed by atoms with E-state index in [-0.39, 0.29) is 17.2 Å². The van der Waals surface area contributed by atoms with Crippen LogP contribution in [0.2, 0.25) is 0 Å². The van der Waals surface area contributed by atoms with Gasteiger partial charge < -0.3 is 10.6 Å². The molecule has 0 aliphatic heterocycles. The molecule has 3 amide bonds. The van der Waals surface area contributed by atoms with Crippen molar-refractivity contribution in [3.63, 3.8) is 0 Å². The SMILES string of the molecule is CS(=O)(=O)c1ccc2nc(NC(=O)Cc3csc(NC(=O)Nc4ccccc4)n3)sc2c1. The third-order valence-corrected chi connectivity index (χ3v) is 7.03. The number of rotatable bonds is 6. The normalized spacial score (nSPS) is 11.3. The molecule has 9 nitrogen and oxygen atoms in total. The van der Waals surface area contributed by atoms with Gasteiger partial charge in [0.1, 0.15) is 0 Å². The fourth-order valence-corrected chi connectivity index (χ4v) is 5.09. The first kappa shape index (κ1) is 21.9. The molecule has 2 aromatic heterocycles. The van der Waals surface area contributed by atoms with Crippen molar-refractivity contribution in [3.8, 4) is 0 Å². The van der Waals surface area contributed by atoms with E-state index in [9.17, 15) is 18.0 Å². The lowest BCUT2D eigenvalue weighted by atomic mass is 10.3. The van der Waals surface area contributed by atoms with Gasteiger partial charge in [-0.25, -0.2) is 23.2 Å². The van der Waals surface area contributed by atoms with Crippen molar-refractivity contribution in [2.45, 2.75) is 11.3 Å². The standard InChI is InChI=1S/C20H17N5O4S3/c1-32(28,29)14-7-8-15-16(10-14)31-20(23-15)24-17(26)9-13-11-30-19(22-13)25-18(27)21-12-5-3-2-4-6-12/h2-8,10-11H,9H2,1H3,(H,23,24,26)(H2,21,22,25,27). The van der Waals surface area contributed by atoms with Crippen LogP contribution in [0.25, 0.3) is 10.2 Å². The number of benzene rings is 2. The summed E-state index contributed by atoms with van der Waals surface area (Å²) in [6, 6.07) is 13.2. The highest BCUT2D eigenvalue weighted by atomic mass is 32.2. The van der Waals surface area contributed by atoms with Crippen molar-refractivity contribution < 1.29 is 18.0 Å². The van der Waals surface area contributed by atoms with Crippen molar-refractivity contribution in [3.05, 3.63) is 59.6 Å². The lowest BCUT2D eigenvalue weighted by Gasteiger charge is -2.04. The van der Waals surface area contributed by atoms with E-state index in [0.717, 1.165) is 6.26 Å². The van der Waals surface area contributed by atoms with E-state index in [0.29, 0.717) is 31.9 Å². The average molecular weight is 488 g/mol. The van der Waals surface area contributed by atoms with Gasteiger partial charge in [0.15, 0.2) is 20.1 Å². The molecule has 0 bridgehead atoms. The monoisotopic (exact) mass is 487 g/mol. The van der Waals surface area contributed by atoms with Crippen LogP contribution in [0.1, 0.15) is 5.69 Å². The van der Waals surface area contributed by atoms with Gasteiger partial charge in [-0.3, -0.25) is 10.1 Å². The number of hydrogen-bond acceptors (Lipinski definition) is 8. The number of anilines is 3. The second-order valence-corrected chi connectivity index (χ2v) is 10.6. The quantitative estimate of drug-likeness (QED) is 0.377. The number of urea groups is 1. The topological polar surface area (TPSA) is 130 Å². The molecule has 2 heterocycles. The Morgan fingerprint density at radius 1 is 0.969 bits per heavy atom. The number of hydrogen-bond donors (Lipinski definition) is 3. The van der Waals surface area contributed by atoms with E-state index < -0.39 is 15.9 Å². The Kier molecular flexibility index (Phi) is 6.17. The van der Waals surface area contributed by atoms with Gasteiger partial charge in [0.05, 0.1) is 27.2 Å². The van der Waals surface area contributed by atoms with Crippen LogP contribution in [0.15, 0.2) is 58.8 Å². The van der Waals surface area contributed by atoms with Gasteiger partial charge in [-0.2, -0.15) is 0 Å². The fourth-order valence-electron chi connectivity index (χ4n) is 2.74. The van der Waals surface area contributed by atoms with Gasteiger partial charge >= 0.3 is 6.03 Å². The van der Waals surface area contributed by atoms with Crippen LogP contribution in [-0.4, -0.2) is 36.6 Å². The molecule has 4 aromatic rings. The van der Waals surface area contributed by atoms with Crippen molar-refractivity contribution in [1.29, 1.82) is 0 Å². The molecular weight excluding hydrogens is 470 g/mol. The number of sulfone groups is 1. The number of fused-ring (bicyclic) bond motifs is 1. The summed E-state index contributed by atoms with van der Waals surface area (Å²) in [6.07, 6.45) is 1.14. The number of carbonyl (C=O) groups excluding carboxylic acids is 2. The highest BCUT2D eigenvalue weighted by molar-refractivity contribution is 7.90. The zero-order valence-corrected chi connectivity index (χ0v) is 19.1. The molecule has 12 heteroatoms. The van der Waals surface area contributed by atoms with E-state index in [2.05, 4.69) is 25.9 Å². The minimum absolute atomic E-state index is 0.00298. The van der Waals surface area contributed by atoms with Gasteiger partial charge in [-0.15, -0.1) is 11.3 Å². The summed E-state index contributed by atoms with van der Waals surface area (Å²) in [5.74, 6) is -0.321. The summed E-state index contributed by atoms with van der Waals surface area (Å²) in [5, 5.41) is 10.5. The Labute approximate surface area is 191 Å². The zero-order chi connectivity index (χ0) is 22.7. The number of aromatic nitrogens is 2. The molecule has 0 saturated carbocycles. The fraction of sp³-hybridized carbons (Fsp3) is 0.100. The molecule has 32 heavy (non-hydrogen) atoms. The third-order valence-electron chi connectivity index (χ3n) is 4.18. The Bertz CT molecular complexity index is 1400. The lowest BCUT2D eigenvalue weighted by molar-refractivity contribution is -0.115. The summed E-state index contributed by atoms with van der Waals surface area (Å²) in [7, 11) is -3.32. The molecule has 0 unspecified atom stereocenters. The van der Waals surface area contributed by atoms with Gasteiger partial charge in [0.2, 0.25) is 5.91 Å². The molecular formula is C20H17N5O4S3. The molecule has 4 rings (SSSR count). The zero-order valence-electron chi connectivity index (χ0n) is 16.7. The van der Waals surface area contributed by atoms with Crippen LogP contribution >= 0.6 is 22.7 Å². The average Bonchev–Trinajstić information content (AvgIpc) is 3.33. The van der Waals surface area contributed by atoms with E-state index in [1.807, 2.05) is 18.2 Å². The van der Waals surface area contributed by atoms with Crippen LogP contribution in [0.3, 0.4) is 0 Å². The number of para-hydroxylation sites is 1. The molecule has 0 radical (unpaired) electrons. The lowest BCUT2D eigenvalue weighted by Crippen LogP contribution is -2.19. The second-order valence-electron chi connectivity index (χ2n) is 6.73. The van der Waals surface area contributed by atoms with Gasteiger partial charge in [0.25, 0.3) is 0 Å². The molecule has 0 saturated heterocycles. The smallest absolute Gasteiger partial charge is 0.308 e. The maximum Gasteiger partial charge on any atom is 0.325 e. The maximum atomic E-state index is 12.4. The molecule has 164 valence electrons. The van der Waals surface area contributed by atoms with E-state index in [1.165, 1.54) is 34.8 Å². The van der Waals surface area contributed by atoms with Crippen molar-refractivity contribution >= 4 is 70.6 Å². The van der Waals surface area contributed by atoms with E-state index in [4.69, 9.17) is 0 Å². The molecule has 0 fully saturated rings. The maximum absolute atomic E-state index is 12.4. The van der Waals surface area contributed by atoms with Gasteiger partial charge in [-0.1, -0.05) is 29.5 Å². The summed E-state index contributed by atoms with van der Waals surface area (Å²) in [5.41, 5.74) is 1.76. The Morgan fingerprint density at radius 2 is 1.75 bits per heavy atom. The molecule has 0 atom stereocenters. The Morgan fingerprint density at radius 3 is 2.50 bits per heavy atom. The molecule has 2 aromatic carbocycles. The number of nitrogens with zero attached hydrogens (tertiary/aromatic N) is 2. The van der Waals surface area contributed by atoms with E-state index >= 15 is 0 Å². The molecule has 0 spiro atoms. The summed E-state index contributed by atoms with van der Waals surface area (Å²) in [4.78, 5) is 33.2. The predicted molar refractivity (Wildman–Crippen MR) is 126 cm³/mol. The summed E-state index contributed by atoms with van der Waals surface area (Å²) < 4.78 is 24.1. The van der Waals surface area contributed by atoms with Crippen LogP contribution in [-0.2, 0) is 21.1 Å². The van der Waals surface area contributed by atoms with Crippen LogP contribution in [0.5, 0.6) is 0 Å². The van der Waals surface area contributed by atoms with Crippen molar-refractivity contribution in [1.82, 2.24) is 9.97 Å². The second kappa shape index (κ2) is 9.02. The van der Waals surface area contributed by atoms with Gasteiger partial charge in [0, 0.05) is 17.3 Å². The van der Waals surface area contributed by atoms with Crippen LogP contribution in [0, 0.1) is 0 Å². The van der Waals surface area contributed by atoms with Crippen molar-refractivity contribution in [2.75, 3.05) is 22.2 Å². The highest BCUT2D eigenvalue weighted by Gasteiger charge is 2.14. The first-order valence-corrected chi connectivity index (χ1v) is 12.8. The largest absolute Gasteiger partial charge is 0.325 e. The first-order valence-electron chi connectivity index (χ1n) is 9.24. The predicted octanol–water partition coefficient (Wildman–Crippen LogP) is 3.98. The van der Waals surface area contributed by atoms with E-state index in [1.54, 1.807) is 23.6 Å². The summed E-state index contributed by atoms with van der Waals surface area (Å²) in [6.45, 7) is 0. The van der Waals surface area contributed by atoms with Gasteiger partial charge in [-0.05, 0) is 30.3 Å². The Hall–Kier alpha value is -3.35. The van der Waals surface area contributed by atoms with Crippen LogP contribution in [0.4, 0.5) is 20.7 Å². The molecule has 0 aliphatic rings. The number of amides is 3. The number of thiazole rings is 2.